The Morgan fingerprint density at radius 2 is 1.88 bits per heavy atom. The van der Waals surface area contributed by atoms with Crippen LogP contribution in [0.4, 0.5) is 0 Å². The van der Waals surface area contributed by atoms with E-state index in [1.807, 2.05) is 16.8 Å². The number of aryl methyl sites for hydroxylation is 1. The predicted molar refractivity (Wildman–Crippen MR) is 132 cm³/mol. The highest BCUT2D eigenvalue weighted by molar-refractivity contribution is 5.79. The Morgan fingerprint density at radius 3 is 2.55 bits per heavy atom. The summed E-state index contributed by atoms with van der Waals surface area (Å²) in [6.45, 7) is 13.5. The number of aromatic amines is 1. The molecule has 1 aliphatic carbocycles. The lowest BCUT2D eigenvalue weighted by molar-refractivity contribution is 0.0580. The quantitative estimate of drug-likeness (QED) is 0.564. The van der Waals surface area contributed by atoms with Crippen molar-refractivity contribution < 1.29 is 0 Å². The minimum absolute atomic E-state index is 0.00918. The van der Waals surface area contributed by atoms with E-state index in [0.29, 0.717) is 18.5 Å². The van der Waals surface area contributed by atoms with Gasteiger partial charge in [-0.3, -0.25) is 9.69 Å². The van der Waals surface area contributed by atoms with Gasteiger partial charge in [-0.25, -0.2) is 4.68 Å². The largest absolute Gasteiger partial charge is 0.322 e. The predicted octanol–water partition coefficient (Wildman–Crippen LogP) is 5.11. The lowest BCUT2D eigenvalue weighted by Crippen LogP contribution is -2.44. The molecular formula is C26H38N6O. The molecule has 2 aromatic heterocycles. The zero-order valence-electron chi connectivity index (χ0n) is 20.9. The van der Waals surface area contributed by atoms with Crippen molar-refractivity contribution in [2.24, 2.45) is 5.92 Å². The van der Waals surface area contributed by atoms with Gasteiger partial charge in [0.05, 0.1) is 11.6 Å². The van der Waals surface area contributed by atoms with E-state index in [0.717, 1.165) is 35.1 Å². The van der Waals surface area contributed by atoms with Crippen LogP contribution in [0, 0.1) is 12.8 Å². The lowest BCUT2D eigenvalue weighted by atomic mass is 9.90. The molecular weight excluding hydrogens is 412 g/mol. The number of rotatable bonds is 6. The molecule has 0 bridgehead atoms. The van der Waals surface area contributed by atoms with Crippen molar-refractivity contribution in [3.8, 4) is 0 Å². The Balaban J connectivity index is 1.80. The van der Waals surface area contributed by atoms with Gasteiger partial charge in [-0.2, -0.15) is 0 Å². The molecule has 1 saturated carbocycles. The van der Waals surface area contributed by atoms with Crippen molar-refractivity contribution in [1.82, 2.24) is 30.1 Å². The standard InChI is InChI=1S/C26H38N6O/c1-17(2)23(24-28-29-30-32(24)26(4,5)6)31(21-10-8-7-9-11-21)16-20-15-19-14-18(3)12-13-22(19)27-25(20)33/h12-15,17,21,23H,7-11,16H2,1-6H3,(H,27,33). The summed E-state index contributed by atoms with van der Waals surface area (Å²) in [6, 6.07) is 8.66. The Hall–Kier alpha value is -2.54. The zero-order valence-corrected chi connectivity index (χ0v) is 20.9. The smallest absolute Gasteiger partial charge is 0.252 e. The number of nitrogens with one attached hydrogen (secondary N) is 1. The average molecular weight is 451 g/mol. The number of fused-ring (bicyclic) bond motifs is 1. The van der Waals surface area contributed by atoms with E-state index >= 15 is 0 Å². The molecule has 1 N–H and O–H groups in total. The SMILES string of the molecule is Cc1ccc2[nH]c(=O)c(CN(C3CCCCC3)C(c3nnnn3C(C)(C)C)C(C)C)cc2c1. The van der Waals surface area contributed by atoms with Gasteiger partial charge in [0.1, 0.15) is 0 Å². The molecule has 33 heavy (non-hydrogen) atoms. The molecule has 1 fully saturated rings. The number of H-pyrrole nitrogens is 1. The molecule has 1 atom stereocenters. The molecule has 0 saturated heterocycles. The van der Waals surface area contributed by atoms with E-state index in [2.05, 4.69) is 79.1 Å². The highest BCUT2D eigenvalue weighted by Crippen LogP contribution is 2.36. The van der Waals surface area contributed by atoms with Gasteiger partial charge in [-0.15, -0.1) is 5.10 Å². The molecule has 7 nitrogen and oxygen atoms in total. The van der Waals surface area contributed by atoms with Crippen LogP contribution >= 0.6 is 0 Å². The fourth-order valence-electron chi connectivity index (χ4n) is 5.24. The monoisotopic (exact) mass is 450 g/mol. The number of benzene rings is 1. The van der Waals surface area contributed by atoms with E-state index in [1.165, 1.54) is 24.8 Å². The van der Waals surface area contributed by atoms with Crippen LogP contribution in [-0.2, 0) is 12.1 Å². The van der Waals surface area contributed by atoms with Crippen molar-refractivity contribution in [2.45, 2.75) is 97.8 Å². The maximum Gasteiger partial charge on any atom is 0.252 e. The summed E-state index contributed by atoms with van der Waals surface area (Å²) >= 11 is 0. The minimum atomic E-state index is -0.220. The van der Waals surface area contributed by atoms with Crippen molar-refractivity contribution in [3.05, 3.63) is 51.6 Å². The molecule has 3 aromatic rings. The molecule has 0 spiro atoms. The molecule has 4 rings (SSSR count). The van der Waals surface area contributed by atoms with Crippen molar-refractivity contribution in [3.63, 3.8) is 0 Å². The van der Waals surface area contributed by atoms with Crippen molar-refractivity contribution in [1.29, 1.82) is 0 Å². The van der Waals surface area contributed by atoms with E-state index in [-0.39, 0.29) is 17.1 Å². The van der Waals surface area contributed by atoms with Gasteiger partial charge >= 0.3 is 0 Å². The van der Waals surface area contributed by atoms with Crippen LogP contribution in [0.25, 0.3) is 10.9 Å². The summed E-state index contributed by atoms with van der Waals surface area (Å²) in [5.74, 6) is 1.18. The van der Waals surface area contributed by atoms with Gasteiger partial charge in [0, 0.05) is 23.7 Å². The first-order valence-electron chi connectivity index (χ1n) is 12.3. The Labute approximate surface area is 196 Å². The fourth-order valence-corrected chi connectivity index (χ4v) is 5.24. The van der Waals surface area contributed by atoms with Crippen LogP contribution in [0.3, 0.4) is 0 Å². The maximum absolute atomic E-state index is 13.1. The summed E-state index contributed by atoms with van der Waals surface area (Å²) in [7, 11) is 0. The third-order valence-electron chi connectivity index (χ3n) is 6.86. The summed E-state index contributed by atoms with van der Waals surface area (Å²) in [5, 5.41) is 14.0. The summed E-state index contributed by atoms with van der Waals surface area (Å²) < 4.78 is 1.96. The molecule has 2 heterocycles. The van der Waals surface area contributed by atoms with Gasteiger partial charge in [0.25, 0.3) is 5.56 Å². The Bertz CT molecular complexity index is 1150. The first-order chi connectivity index (χ1) is 15.6. The number of hydrogen-bond donors (Lipinski definition) is 1. The lowest BCUT2D eigenvalue weighted by Gasteiger charge is -2.41. The second-order valence-electron chi connectivity index (χ2n) is 11.0. The minimum Gasteiger partial charge on any atom is -0.322 e. The first-order valence-corrected chi connectivity index (χ1v) is 12.3. The van der Waals surface area contributed by atoms with Gasteiger partial charge in [0.2, 0.25) is 0 Å². The molecule has 7 heteroatoms. The molecule has 0 aliphatic heterocycles. The molecule has 0 radical (unpaired) electrons. The van der Waals surface area contributed by atoms with Gasteiger partial charge in [-0.1, -0.05) is 44.7 Å². The van der Waals surface area contributed by atoms with E-state index in [4.69, 9.17) is 0 Å². The Morgan fingerprint density at radius 1 is 1.15 bits per heavy atom. The zero-order chi connectivity index (χ0) is 23.8. The highest BCUT2D eigenvalue weighted by Gasteiger charge is 2.36. The molecule has 0 amide bonds. The second-order valence-corrected chi connectivity index (χ2v) is 11.0. The molecule has 1 aliphatic rings. The number of tetrazole rings is 1. The van der Waals surface area contributed by atoms with Crippen molar-refractivity contribution in [2.75, 3.05) is 0 Å². The summed E-state index contributed by atoms with van der Waals surface area (Å²) in [6.07, 6.45) is 6.02. The molecule has 1 unspecified atom stereocenters. The van der Waals surface area contributed by atoms with E-state index in [9.17, 15) is 4.79 Å². The second kappa shape index (κ2) is 9.37. The third kappa shape index (κ3) is 5.03. The summed E-state index contributed by atoms with van der Waals surface area (Å²) in [5.41, 5.74) is 2.65. The highest BCUT2D eigenvalue weighted by atomic mass is 16.1. The fraction of sp³-hybridized carbons (Fsp3) is 0.615. The number of hydrogen-bond acceptors (Lipinski definition) is 5. The van der Waals surface area contributed by atoms with Gasteiger partial charge in [0.15, 0.2) is 5.82 Å². The maximum atomic E-state index is 13.1. The molecule has 178 valence electrons. The first kappa shape index (κ1) is 23.6. The van der Waals surface area contributed by atoms with Crippen LogP contribution in [0.15, 0.2) is 29.1 Å². The number of pyridine rings is 1. The Kier molecular flexibility index (Phi) is 6.71. The number of nitrogens with zero attached hydrogens (tertiary/aromatic N) is 5. The van der Waals surface area contributed by atoms with Crippen LogP contribution in [0.5, 0.6) is 0 Å². The van der Waals surface area contributed by atoms with Gasteiger partial charge < -0.3 is 4.98 Å². The van der Waals surface area contributed by atoms with Crippen LogP contribution in [0.2, 0.25) is 0 Å². The van der Waals surface area contributed by atoms with Crippen molar-refractivity contribution >= 4 is 10.9 Å². The van der Waals surface area contributed by atoms with E-state index < -0.39 is 0 Å². The average Bonchev–Trinajstić information content (AvgIpc) is 3.24. The van der Waals surface area contributed by atoms with Crippen LogP contribution in [-0.4, -0.2) is 36.1 Å². The normalized spacial score (nSPS) is 16.7. The third-order valence-corrected chi connectivity index (χ3v) is 6.86. The van der Waals surface area contributed by atoms with Crippen LogP contribution in [0.1, 0.15) is 89.7 Å². The number of aromatic nitrogens is 5. The summed E-state index contributed by atoms with van der Waals surface area (Å²) in [4.78, 5) is 18.7. The van der Waals surface area contributed by atoms with Gasteiger partial charge in [-0.05, 0) is 80.5 Å². The topological polar surface area (TPSA) is 79.7 Å². The van der Waals surface area contributed by atoms with Crippen LogP contribution < -0.4 is 5.56 Å². The molecule has 1 aromatic carbocycles. The van der Waals surface area contributed by atoms with E-state index in [1.54, 1.807) is 0 Å².